The molecule has 0 aliphatic carbocycles. The third kappa shape index (κ3) is 6.70. The summed E-state index contributed by atoms with van der Waals surface area (Å²) in [4.78, 5) is 4.87. The Morgan fingerprint density at radius 2 is 0.780 bits per heavy atom. The molecule has 0 fully saturated rings. The number of fused-ring (bicyclic) bond motifs is 7. The first kappa shape index (κ1) is 36.9. The topological polar surface area (TPSA) is 6.48 Å². The van der Waals surface area contributed by atoms with E-state index in [4.69, 9.17) is 0 Å². The molecule has 59 heavy (non-hydrogen) atoms. The van der Waals surface area contributed by atoms with Crippen molar-refractivity contribution in [3.05, 3.63) is 193 Å². The van der Waals surface area contributed by atoms with Crippen LogP contribution in [0.1, 0.15) is 52.7 Å². The summed E-state index contributed by atoms with van der Waals surface area (Å²) in [5, 5.41) is 10.0. The van der Waals surface area contributed by atoms with E-state index in [0.29, 0.717) is 0 Å². The monoisotopic (exact) mass is 780 g/mol. The highest BCUT2D eigenvalue weighted by atomic mass is 32.1. The molecule has 288 valence electrons. The first-order valence-electron chi connectivity index (χ1n) is 20.7. The summed E-state index contributed by atoms with van der Waals surface area (Å²) in [6, 6.07) is 67.7. The van der Waals surface area contributed by atoms with E-state index in [2.05, 4.69) is 233 Å². The van der Waals surface area contributed by atoms with Gasteiger partial charge in [0.2, 0.25) is 0 Å². The van der Waals surface area contributed by atoms with Crippen molar-refractivity contribution in [3.8, 4) is 0 Å². The smallest absolute Gasteiger partial charge is 0.0554 e. The fourth-order valence-electron chi connectivity index (χ4n) is 8.66. The van der Waals surface area contributed by atoms with Gasteiger partial charge < -0.3 is 9.80 Å². The highest BCUT2D eigenvalue weighted by Crippen LogP contribution is 2.48. The van der Waals surface area contributed by atoms with Crippen molar-refractivity contribution in [2.75, 3.05) is 9.80 Å². The van der Waals surface area contributed by atoms with Gasteiger partial charge in [0, 0.05) is 54.0 Å². The molecule has 0 N–H and O–H groups in total. The van der Waals surface area contributed by atoms with Crippen molar-refractivity contribution in [1.29, 1.82) is 0 Å². The largest absolute Gasteiger partial charge is 0.310 e. The van der Waals surface area contributed by atoms with Gasteiger partial charge in [-0.25, -0.2) is 0 Å². The van der Waals surface area contributed by atoms with Gasteiger partial charge in [-0.1, -0.05) is 157 Å². The Labute approximate surface area is 351 Å². The van der Waals surface area contributed by atoms with Crippen molar-refractivity contribution in [2.24, 2.45) is 0 Å². The second-order valence-corrected chi connectivity index (χ2v) is 19.0. The van der Waals surface area contributed by atoms with Crippen LogP contribution >= 0.6 is 11.3 Å². The molecule has 9 aromatic carbocycles. The molecule has 0 aliphatic rings. The summed E-state index contributed by atoms with van der Waals surface area (Å²) in [7, 11) is 0. The van der Waals surface area contributed by atoms with Crippen molar-refractivity contribution in [1.82, 2.24) is 0 Å². The van der Waals surface area contributed by atoms with Gasteiger partial charge in [-0.15, -0.1) is 11.3 Å². The maximum absolute atomic E-state index is 2.46. The molecule has 1 aromatic heterocycles. The summed E-state index contributed by atoms with van der Waals surface area (Å²) >= 11 is 1.88. The lowest BCUT2D eigenvalue weighted by Crippen LogP contribution is -2.13. The fraction of sp³-hybridized carbons (Fsp3) is 0.143. The number of thiophene rings is 1. The van der Waals surface area contributed by atoms with Crippen molar-refractivity contribution < 1.29 is 0 Å². The van der Waals surface area contributed by atoms with Crippen LogP contribution in [0.3, 0.4) is 0 Å². The van der Waals surface area contributed by atoms with E-state index in [0.717, 1.165) is 28.4 Å². The first-order chi connectivity index (χ1) is 28.5. The van der Waals surface area contributed by atoms with Gasteiger partial charge in [0.15, 0.2) is 0 Å². The van der Waals surface area contributed by atoms with Crippen LogP contribution in [0.2, 0.25) is 0 Å². The summed E-state index contributed by atoms with van der Waals surface area (Å²) in [6.45, 7) is 13.7. The van der Waals surface area contributed by atoms with Crippen molar-refractivity contribution >= 4 is 98.0 Å². The number of rotatable bonds is 6. The lowest BCUT2D eigenvalue weighted by atomic mass is 9.87. The molecule has 0 radical (unpaired) electrons. The molecular formula is C56H48N2S. The minimum atomic E-state index is 0.0631. The molecule has 0 bridgehead atoms. The van der Waals surface area contributed by atoms with Gasteiger partial charge in [-0.2, -0.15) is 0 Å². The highest BCUT2D eigenvalue weighted by molar-refractivity contribution is 7.26. The van der Waals surface area contributed by atoms with Crippen LogP contribution in [0.5, 0.6) is 0 Å². The van der Waals surface area contributed by atoms with E-state index < -0.39 is 0 Å². The lowest BCUT2D eigenvalue weighted by molar-refractivity contribution is 0.590. The molecule has 0 atom stereocenters. The van der Waals surface area contributed by atoms with Gasteiger partial charge in [0.05, 0.1) is 5.69 Å². The third-order valence-corrected chi connectivity index (χ3v) is 13.0. The average molecular weight is 781 g/mol. The lowest BCUT2D eigenvalue weighted by Gasteiger charge is -2.28. The van der Waals surface area contributed by atoms with E-state index in [-0.39, 0.29) is 10.8 Å². The zero-order valence-corrected chi connectivity index (χ0v) is 35.4. The van der Waals surface area contributed by atoms with Crippen LogP contribution in [-0.2, 0) is 10.8 Å². The molecule has 0 unspecified atom stereocenters. The predicted molar refractivity (Wildman–Crippen MR) is 259 cm³/mol. The number of benzene rings is 9. The molecule has 10 aromatic rings. The van der Waals surface area contributed by atoms with E-state index in [1.54, 1.807) is 0 Å². The zero-order chi connectivity index (χ0) is 40.5. The molecule has 0 aliphatic heterocycles. The zero-order valence-electron chi connectivity index (χ0n) is 34.6. The van der Waals surface area contributed by atoms with Gasteiger partial charge in [0.1, 0.15) is 0 Å². The Balaban J connectivity index is 1.17. The van der Waals surface area contributed by atoms with Crippen LogP contribution in [0.15, 0.2) is 182 Å². The Kier molecular flexibility index (Phi) is 8.85. The molecule has 1 heterocycles. The van der Waals surface area contributed by atoms with Gasteiger partial charge >= 0.3 is 0 Å². The maximum atomic E-state index is 2.46. The molecular weight excluding hydrogens is 733 g/mol. The standard InChI is InChI=1S/C56H48N2S/c1-55(2,3)41-21-27-43(28-22-41)57(45-25-19-37-13-7-9-15-39(37)33-45)47-31-32-50-52(35-47)59-53-36-51(48-17-11-12-18-49(48)54(50)53)58(44-29-23-42(24-30-44)56(4,5)6)46-26-20-38-14-8-10-16-40(38)34-46/h7-36H,1-6H3. The Bertz CT molecular complexity index is 3180. The molecule has 0 spiro atoms. The molecule has 0 amide bonds. The van der Waals surface area contributed by atoms with Crippen LogP contribution in [0.25, 0.3) is 52.5 Å². The summed E-state index contributed by atoms with van der Waals surface area (Å²) in [6.07, 6.45) is 0. The van der Waals surface area contributed by atoms with E-state index in [9.17, 15) is 0 Å². The number of hydrogen-bond donors (Lipinski definition) is 0. The quantitative estimate of drug-likeness (QED) is 0.166. The molecule has 0 saturated heterocycles. The van der Waals surface area contributed by atoms with Gasteiger partial charge in [-0.3, -0.25) is 0 Å². The number of hydrogen-bond acceptors (Lipinski definition) is 3. The van der Waals surface area contributed by atoms with Crippen molar-refractivity contribution in [3.63, 3.8) is 0 Å². The average Bonchev–Trinajstić information content (AvgIpc) is 3.61. The Hall–Kier alpha value is -6.42. The van der Waals surface area contributed by atoms with E-state index >= 15 is 0 Å². The molecule has 10 rings (SSSR count). The van der Waals surface area contributed by atoms with E-state index in [1.165, 1.54) is 69.3 Å². The summed E-state index contributed by atoms with van der Waals surface area (Å²) in [5.74, 6) is 0. The molecule has 3 heteroatoms. The maximum Gasteiger partial charge on any atom is 0.0554 e. The number of anilines is 6. The third-order valence-electron chi connectivity index (χ3n) is 11.9. The Morgan fingerprint density at radius 3 is 1.34 bits per heavy atom. The second kappa shape index (κ2) is 14.1. The van der Waals surface area contributed by atoms with Crippen LogP contribution in [0, 0.1) is 0 Å². The second-order valence-electron chi connectivity index (χ2n) is 17.9. The first-order valence-corrected chi connectivity index (χ1v) is 21.5. The van der Waals surface area contributed by atoms with E-state index in [1.807, 2.05) is 11.3 Å². The number of nitrogens with zero attached hydrogens (tertiary/aromatic N) is 2. The minimum Gasteiger partial charge on any atom is -0.310 e. The molecule has 2 nitrogen and oxygen atoms in total. The van der Waals surface area contributed by atoms with Gasteiger partial charge in [-0.05, 0) is 116 Å². The normalized spacial score (nSPS) is 12.2. The fourth-order valence-corrected chi connectivity index (χ4v) is 9.85. The van der Waals surface area contributed by atoms with Gasteiger partial charge in [0.25, 0.3) is 0 Å². The minimum absolute atomic E-state index is 0.0631. The van der Waals surface area contributed by atoms with Crippen LogP contribution in [0.4, 0.5) is 34.1 Å². The predicted octanol–water partition coefficient (Wildman–Crippen LogP) is 17.0. The van der Waals surface area contributed by atoms with Crippen molar-refractivity contribution in [2.45, 2.75) is 52.4 Å². The molecule has 0 saturated carbocycles. The van der Waals surface area contributed by atoms with Crippen LogP contribution in [-0.4, -0.2) is 0 Å². The summed E-state index contributed by atoms with van der Waals surface area (Å²) < 4.78 is 2.54. The summed E-state index contributed by atoms with van der Waals surface area (Å²) in [5.41, 5.74) is 9.67. The SMILES string of the molecule is CC(C)(C)c1ccc(N(c2ccc3ccccc3c2)c2ccc3c(c2)sc2cc(N(c4ccc(C(C)(C)C)cc4)c4ccc5ccccc5c4)c4ccccc4c23)cc1. The highest BCUT2D eigenvalue weighted by Gasteiger charge is 2.23. The Morgan fingerprint density at radius 1 is 0.339 bits per heavy atom. The van der Waals surface area contributed by atoms with Crippen LogP contribution < -0.4 is 9.80 Å².